The van der Waals surface area contributed by atoms with Gasteiger partial charge in [-0.2, -0.15) is 0 Å². The van der Waals surface area contributed by atoms with Gasteiger partial charge < -0.3 is 10.1 Å². The number of benzene rings is 1. The van der Waals surface area contributed by atoms with Gasteiger partial charge in [-0.25, -0.2) is 0 Å². The van der Waals surface area contributed by atoms with Gasteiger partial charge in [-0.05, 0) is 61.9 Å². The Morgan fingerprint density at radius 3 is 2.83 bits per heavy atom. The Balaban J connectivity index is 1.98. The fourth-order valence-electron chi connectivity index (χ4n) is 2.62. The molecule has 0 amide bonds. The lowest BCUT2D eigenvalue weighted by molar-refractivity contribution is 0.245. The molecule has 0 saturated heterocycles. The van der Waals surface area contributed by atoms with Crippen molar-refractivity contribution in [1.82, 2.24) is 5.32 Å². The van der Waals surface area contributed by atoms with Crippen LogP contribution in [0.25, 0.3) is 0 Å². The second-order valence-electron chi connectivity index (χ2n) is 5.04. The van der Waals surface area contributed by atoms with Gasteiger partial charge in [-0.3, -0.25) is 0 Å². The highest BCUT2D eigenvalue weighted by Crippen LogP contribution is 2.43. The average Bonchev–Trinajstić information content (AvgIpc) is 2.35. The lowest BCUT2D eigenvalue weighted by atomic mass is 9.70. The van der Waals surface area contributed by atoms with Crippen LogP contribution in [0.15, 0.2) is 18.2 Å². The van der Waals surface area contributed by atoms with Crippen molar-refractivity contribution in [2.24, 2.45) is 5.92 Å². The van der Waals surface area contributed by atoms with E-state index in [1.54, 1.807) is 7.11 Å². The number of hydrogen-bond acceptors (Lipinski definition) is 2. The first-order valence-electron chi connectivity index (χ1n) is 6.80. The number of hydrogen-bond donors (Lipinski definition) is 1. The van der Waals surface area contributed by atoms with Gasteiger partial charge in [0.1, 0.15) is 5.75 Å². The minimum atomic E-state index is 0.667. The van der Waals surface area contributed by atoms with Gasteiger partial charge in [0.05, 0.1) is 12.1 Å². The summed E-state index contributed by atoms with van der Waals surface area (Å²) < 4.78 is 5.29. The van der Waals surface area contributed by atoms with Crippen molar-refractivity contribution in [2.45, 2.75) is 32.1 Å². The fraction of sp³-hybridized carbons (Fsp3) is 0.600. The largest absolute Gasteiger partial charge is 0.495 e. The molecular weight excluding hydrogens is 246 g/mol. The van der Waals surface area contributed by atoms with E-state index in [0.29, 0.717) is 10.9 Å². The minimum Gasteiger partial charge on any atom is -0.495 e. The molecule has 3 heteroatoms. The summed E-state index contributed by atoms with van der Waals surface area (Å²) in [5.74, 6) is 2.23. The maximum Gasteiger partial charge on any atom is 0.137 e. The number of rotatable bonds is 6. The first-order valence-corrected chi connectivity index (χ1v) is 7.18. The molecular formula is C15H22ClNO. The van der Waals surface area contributed by atoms with E-state index in [4.69, 9.17) is 16.3 Å². The van der Waals surface area contributed by atoms with Gasteiger partial charge in [-0.1, -0.05) is 24.6 Å². The monoisotopic (exact) mass is 267 g/mol. The maximum atomic E-state index is 6.06. The van der Waals surface area contributed by atoms with E-state index in [1.165, 1.54) is 24.8 Å². The van der Waals surface area contributed by atoms with Gasteiger partial charge in [0.15, 0.2) is 0 Å². The Hall–Kier alpha value is -0.730. The van der Waals surface area contributed by atoms with Gasteiger partial charge >= 0.3 is 0 Å². The first kappa shape index (κ1) is 13.7. The topological polar surface area (TPSA) is 21.3 Å². The molecule has 0 radical (unpaired) electrons. The molecule has 100 valence electrons. The van der Waals surface area contributed by atoms with E-state index in [2.05, 4.69) is 24.4 Å². The molecule has 1 fully saturated rings. The molecule has 0 bridgehead atoms. The zero-order valence-electron chi connectivity index (χ0n) is 11.2. The number of ether oxygens (including phenoxy) is 1. The Bertz CT molecular complexity index is 394. The molecule has 1 aromatic rings. The van der Waals surface area contributed by atoms with Crippen molar-refractivity contribution in [1.29, 1.82) is 0 Å². The number of halogens is 1. The first-order chi connectivity index (χ1) is 8.76. The second kappa shape index (κ2) is 6.44. The summed E-state index contributed by atoms with van der Waals surface area (Å²) in [5.41, 5.74) is 1.37. The van der Waals surface area contributed by atoms with Crippen LogP contribution in [0, 0.1) is 5.92 Å². The highest BCUT2D eigenvalue weighted by molar-refractivity contribution is 6.32. The van der Waals surface area contributed by atoms with Gasteiger partial charge in [0.25, 0.3) is 0 Å². The smallest absolute Gasteiger partial charge is 0.137 e. The van der Waals surface area contributed by atoms with Crippen molar-refractivity contribution in [3.8, 4) is 5.75 Å². The van der Waals surface area contributed by atoms with E-state index in [0.717, 1.165) is 24.8 Å². The molecule has 2 unspecified atom stereocenters. The van der Waals surface area contributed by atoms with Crippen LogP contribution in [0.1, 0.15) is 37.7 Å². The van der Waals surface area contributed by atoms with Crippen LogP contribution < -0.4 is 10.1 Å². The van der Waals surface area contributed by atoms with Crippen LogP contribution in [-0.4, -0.2) is 20.2 Å². The van der Waals surface area contributed by atoms with Crippen molar-refractivity contribution >= 4 is 11.6 Å². The van der Waals surface area contributed by atoms with Crippen LogP contribution in [0.3, 0.4) is 0 Å². The standard InChI is InChI=1S/C15H22ClNO/c1-3-8-17-10-12-4-6-13(12)11-5-7-14(16)15(9-11)18-2/h5,7,9,12-13,17H,3-4,6,8,10H2,1-2H3. The molecule has 1 N–H and O–H groups in total. The molecule has 1 aliphatic carbocycles. The van der Waals surface area contributed by atoms with E-state index in [-0.39, 0.29) is 0 Å². The summed E-state index contributed by atoms with van der Waals surface area (Å²) >= 11 is 6.06. The highest BCUT2D eigenvalue weighted by atomic mass is 35.5. The Morgan fingerprint density at radius 1 is 1.39 bits per heavy atom. The maximum absolute atomic E-state index is 6.06. The molecule has 2 atom stereocenters. The van der Waals surface area contributed by atoms with Crippen LogP contribution in [0.5, 0.6) is 5.75 Å². The molecule has 18 heavy (non-hydrogen) atoms. The number of methoxy groups -OCH3 is 1. The normalized spacial score (nSPS) is 22.6. The van der Waals surface area contributed by atoms with Crippen molar-refractivity contribution in [3.05, 3.63) is 28.8 Å². The fourth-order valence-corrected chi connectivity index (χ4v) is 2.82. The van der Waals surface area contributed by atoms with Crippen LogP contribution in [-0.2, 0) is 0 Å². The minimum absolute atomic E-state index is 0.667. The predicted molar refractivity (Wildman–Crippen MR) is 76.6 cm³/mol. The van der Waals surface area contributed by atoms with E-state index >= 15 is 0 Å². The van der Waals surface area contributed by atoms with E-state index in [1.807, 2.05) is 6.07 Å². The molecule has 0 spiro atoms. The summed E-state index contributed by atoms with van der Waals surface area (Å²) in [6, 6.07) is 6.19. The third-order valence-electron chi connectivity index (χ3n) is 3.85. The molecule has 2 rings (SSSR count). The van der Waals surface area contributed by atoms with E-state index < -0.39 is 0 Å². The summed E-state index contributed by atoms with van der Waals surface area (Å²) in [4.78, 5) is 0. The van der Waals surface area contributed by atoms with Crippen molar-refractivity contribution in [2.75, 3.05) is 20.2 Å². The average molecular weight is 268 g/mol. The zero-order valence-corrected chi connectivity index (χ0v) is 12.0. The van der Waals surface area contributed by atoms with Gasteiger partial charge in [0, 0.05) is 0 Å². The SMILES string of the molecule is CCCNCC1CCC1c1ccc(Cl)c(OC)c1. The van der Waals surface area contributed by atoms with E-state index in [9.17, 15) is 0 Å². The summed E-state index contributed by atoms with van der Waals surface area (Å²) in [7, 11) is 1.67. The quantitative estimate of drug-likeness (QED) is 0.791. The third-order valence-corrected chi connectivity index (χ3v) is 4.17. The zero-order chi connectivity index (χ0) is 13.0. The highest BCUT2D eigenvalue weighted by Gasteiger charge is 2.31. The van der Waals surface area contributed by atoms with Crippen LogP contribution in [0.4, 0.5) is 0 Å². The van der Waals surface area contributed by atoms with Crippen molar-refractivity contribution < 1.29 is 4.74 Å². The predicted octanol–water partition coefficient (Wildman–Crippen LogP) is 3.84. The van der Waals surface area contributed by atoms with Crippen LogP contribution in [0.2, 0.25) is 5.02 Å². The molecule has 2 nitrogen and oxygen atoms in total. The molecule has 1 aromatic carbocycles. The Morgan fingerprint density at radius 2 is 2.22 bits per heavy atom. The van der Waals surface area contributed by atoms with Gasteiger partial charge in [0.2, 0.25) is 0 Å². The van der Waals surface area contributed by atoms with Crippen molar-refractivity contribution in [3.63, 3.8) is 0 Å². The lowest BCUT2D eigenvalue weighted by Crippen LogP contribution is -2.34. The van der Waals surface area contributed by atoms with Gasteiger partial charge in [-0.15, -0.1) is 0 Å². The Kier molecular flexibility index (Phi) is 4.90. The summed E-state index contributed by atoms with van der Waals surface area (Å²) in [6.07, 6.45) is 3.81. The molecule has 1 aliphatic rings. The van der Waals surface area contributed by atoms with Crippen LogP contribution >= 0.6 is 11.6 Å². The third kappa shape index (κ3) is 2.99. The molecule has 0 heterocycles. The second-order valence-corrected chi connectivity index (χ2v) is 5.45. The molecule has 0 aromatic heterocycles. The summed E-state index contributed by atoms with van der Waals surface area (Å²) in [6.45, 7) is 4.45. The Labute approximate surface area is 115 Å². The summed E-state index contributed by atoms with van der Waals surface area (Å²) in [5, 5.41) is 4.21. The lowest BCUT2D eigenvalue weighted by Gasteiger charge is -2.37. The number of nitrogens with one attached hydrogen (secondary N) is 1. The molecule has 0 aliphatic heterocycles. The molecule has 1 saturated carbocycles.